The van der Waals surface area contributed by atoms with Crippen LogP contribution in [0.1, 0.15) is 26.2 Å². The van der Waals surface area contributed by atoms with Crippen molar-refractivity contribution in [3.05, 3.63) is 12.4 Å². The second-order valence-corrected chi connectivity index (χ2v) is 4.35. The van der Waals surface area contributed by atoms with Gasteiger partial charge >= 0.3 is 0 Å². The standard InChI is InChI=1S/C10H16N4/c1-10(3-2-4-10)7-13-9-6-12-5-8(11)14-9/h5-6H,2-4,7H2,1H3,(H3,11,13,14). The maximum atomic E-state index is 5.53. The topological polar surface area (TPSA) is 63.8 Å². The van der Waals surface area contributed by atoms with E-state index in [9.17, 15) is 0 Å². The number of nitrogen functional groups attached to an aromatic ring is 1. The molecule has 0 amide bonds. The maximum Gasteiger partial charge on any atom is 0.146 e. The molecular formula is C10H16N4. The van der Waals surface area contributed by atoms with Crippen LogP contribution >= 0.6 is 0 Å². The minimum atomic E-state index is 0.451. The molecule has 14 heavy (non-hydrogen) atoms. The number of hydrogen-bond donors (Lipinski definition) is 2. The largest absolute Gasteiger partial charge is 0.382 e. The first kappa shape index (κ1) is 9.24. The van der Waals surface area contributed by atoms with Crippen LogP contribution < -0.4 is 11.1 Å². The van der Waals surface area contributed by atoms with Crippen molar-refractivity contribution in [3.63, 3.8) is 0 Å². The van der Waals surface area contributed by atoms with Gasteiger partial charge in [0.25, 0.3) is 0 Å². The number of aromatic nitrogens is 2. The van der Waals surface area contributed by atoms with Crippen molar-refractivity contribution in [2.45, 2.75) is 26.2 Å². The zero-order valence-electron chi connectivity index (χ0n) is 8.45. The van der Waals surface area contributed by atoms with Gasteiger partial charge in [0, 0.05) is 6.54 Å². The molecule has 1 aliphatic rings. The molecule has 0 aromatic carbocycles. The number of nitrogens with two attached hydrogens (primary N) is 1. The molecule has 1 fully saturated rings. The summed E-state index contributed by atoms with van der Waals surface area (Å²) in [4.78, 5) is 8.12. The summed E-state index contributed by atoms with van der Waals surface area (Å²) in [5.41, 5.74) is 5.98. The number of anilines is 2. The van der Waals surface area contributed by atoms with E-state index >= 15 is 0 Å². The van der Waals surface area contributed by atoms with Gasteiger partial charge in [-0.05, 0) is 18.3 Å². The molecule has 2 rings (SSSR count). The van der Waals surface area contributed by atoms with Gasteiger partial charge in [-0.3, -0.25) is 4.98 Å². The molecule has 0 saturated heterocycles. The third-order valence-corrected chi connectivity index (χ3v) is 2.91. The summed E-state index contributed by atoms with van der Waals surface area (Å²) in [6.07, 6.45) is 7.21. The van der Waals surface area contributed by atoms with Crippen LogP contribution in [0.25, 0.3) is 0 Å². The third kappa shape index (κ3) is 1.95. The van der Waals surface area contributed by atoms with E-state index in [1.807, 2.05) is 0 Å². The fourth-order valence-corrected chi connectivity index (χ4v) is 1.73. The second-order valence-electron chi connectivity index (χ2n) is 4.35. The van der Waals surface area contributed by atoms with Crippen LogP contribution in [0.5, 0.6) is 0 Å². The Morgan fingerprint density at radius 1 is 1.50 bits per heavy atom. The van der Waals surface area contributed by atoms with E-state index in [4.69, 9.17) is 5.73 Å². The van der Waals surface area contributed by atoms with Crippen molar-refractivity contribution in [2.75, 3.05) is 17.6 Å². The maximum absolute atomic E-state index is 5.53. The highest BCUT2D eigenvalue weighted by atomic mass is 15.0. The molecule has 0 spiro atoms. The van der Waals surface area contributed by atoms with E-state index in [-0.39, 0.29) is 0 Å². The first-order chi connectivity index (χ1) is 6.68. The monoisotopic (exact) mass is 192 g/mol. The van der Waals surface area contributed by atoms with Crippen LogP contribution in [-0.2, 0) is 0 Å². The molecule has 1 aromatic heterocycles. The summed E-state index contributed by atoms with van der Waals surface area (Å²) in [5, 5.41) is 3.27. The molecule has 0 aliphatic heterocycles. The van der Waals surface area contributed by atoms with E-state index in [0.29, 0.717) is 11.2 Å². The highest BCUT2D eigenvalue weighted by Gasteiger charge is 2.31. The van der Waals surface area contributed by atoms with Crippen molar-refractivity contribution >= 4 is 11.6 Å². The van der Waals surface area contributed by atoms with Gasteiger partial charge in [0.2, 0.25) is 0 Å². The van der Waals surface area contributed by atoms with Crippen LogP contribution in [0, 0.1) is 5.41 Å². The zero-order valence-corrected chi connectivity index (χ0v) is 8.45. The van der Waals surface area contributed by atoms with Gasteiger partial charge in [0.15, 0.2) is 0 Å². The Hall–Kier alpha value is -1.32. The van der Waals surface area contributed by atoms with Crippen molar-refractivity contribution in [1.29, 1.82) is 0 Å². The minimum absolute atomic E-state index is 0.451. The number of hydrogen-bond acceptors (Lipinski definition) is 4. The van der Waals surface area contributed by atoms with E-state index in [1.165, 1.54) is 19.3 Å². The highest BCUT2D eigenvalue weighted by Crippen LogP contribution is 2.39. The summed E-state index contributed by atoms with van der Waals surface area (Å²) in [6.45, 7) is 3.26. The predicted octanol–water partition coefficient (Wildman–Crippen LogP) is 1.66. The first-order valence-corrected chi connectivity index (χ1v) is 4.99. The number of nitrogens with one attached hydrogen (secondary N) is 1. The lowest BCUT2D eigenvalue weighted by molar-refractivity contribution is 0.180. The Morgan fingerprint density at radius 2 is 2.29 bits per heavy atom. The lowest BCUT2D eigenvalue weighted by Gasteiger charge is -2.38. The van der Waals surface area contributed by atoms with Crippen LogP contribution in [0.4, 0.5) is 11.6 Å². The summed E-state index contributed by atoms with van der Waals surface area (Å²) in [5.74, 6) is 1.24. The summed E-state index contributed by atoms with van der Waals surface area (Å²) >= 11 is 0. The molecule has 3 N–H and O–H groups in total. The SMILES string of the molecule is CC1(CNc2cncc(N)n2)CCC1. The van der Waals surface area contributed by atoms with E-state index < -0.39 is 0 Å². The predicted molar refractivity (Wildman–Crippen MR) is 56.9 cm³/mol. The normalized spacial score (nSPS) is 18.6. The average molecular weight is 192 g/mol. The van der Waals surface area contributed by atoms with Crippen molar-refractivity contribution < 1.29 is 0 Å². The van der Waals surface area contributed by atoms with Crippen LogP contribution in [0.2, 0.25) is 0 Å². The van der Waals surface area contributed by atoms with Crippen molar-refractivity contribution in [1.82, 2.24) is 9.97 Å². The summed E-state index contributed by atoms with van der Waals surface area (Å²) in [7, 11) is 0. The molecule has 1 heterocycles. The fraction of sp³-hybridized carbons (Fsp3) is 0.600. The number of rotatable bonds is 3. The van der Waals surface area contributed by atoms with Gasteiger partial charge in [0.1, 0.15) is 11.6 Å². The molecular weight excluding hydrogens is 176 g/mol. The molecule has 0 atom stereocenters. The Balaban J connectivity index is 1.91. The van der Waals surface area contributed by atoms with E-state index in [0.717, 1.165) is 12.4 Å². The van der Waals surface area contributed by atoms with Crippen LogP contribution in [0.3, 0.4) is 0 Å². The van der Waals surface area contributed by atoms with Gasteiger partial charge in [-0.15, -0.1) is 0 Å². The Bertz CT molecular complexity index is 320. The van der Waals surface area contributed by atoms with Crippen molar-refractivity contribution in [2.24, 2.45) is 5.41 Å². The molecule has 1 aliphatic carbocycles. The zero-order chi connectivity index (χ0) is 10.0. The Kier molecular flexibility index (Phi) is 2.27. The molecule has 76 valence electrons. The molecule has 0 bridgehead atoms. The summed E-state index contributed by atoms with van der Waals surface area (Å²) in [6, 6.07) is 0. The quantitative estimate of drug-likeness (QED) is 0.764. The molecule has 0 radical (unpaired) electrons. The van der Waals surface area contributed by atoms with Crippen LogP contribution in [0.15, 0.2) is 12.4 Å². The lowest BCUT2D eigenvalue weighted by atomic mass is 9.70. The Labute approximate surface area is 83.9 Å². The highest BCUT2D eigenvalue weighted by molar-refractivity contribution is 5.38. The summed E-state index contributed by atoms with van der Waals surface area (Å²) < 4.78 is 0. The van der Waals surface area contributed by atoms with Gasteiger partial charge in [0.05, 0.1) is 12.4 Å². The molecule has 4 nitrogen and oxygen atoms in total. The van der Waals surface area contributed by atoms with Gasteiger partial charge in [-0.2, -0.15) is 0 Å². The molecule has 1 aromatic rings. The van der Waals surface area contributed by atoms with E-state index in [1.54, 1.807) is 12.4 Å². The number of nitrogens with zero attached hydrogens (tertiary/aromatic N) is 2. The van der Waals surface area contributed by atoms with E-state index in [2.05, 4.69) is 22.2 Å². The molecule has 4 heteroatoms. The first-order valence-electron chi connectivity index (χ1n) is 4.99. The smallest absolute Gasteiger partial charge is 0.146 e. The van der Waals surface area contributed by atoms with Gasteiger partial charge in [-0.1, -0.05) is 13.3 Å². The lowest BCUT2D eigenvalue weighted by Crippen LogP contribution is -2.33. The second kappa shape index (κ2) is 3.44. The van der Waals surface area contributed by atoms with Gasteiger partial charge in [-0.25, -0.2) is 4.98 Å². The minimum Gasteiger partial charge on any atom is -0.382 e. The van der Waals surface area contributed by atoms with Crippen molar-refractivity contribution in [3.8, 4) is 0 Å². The molecule has 0 unspecified atom stereocenters. The average Bonchev–Trinajstić information content (AvgIpc) is 2.12. The fourth-order valence-electron chi connectivity index (χ4n) is 1.73. The van der Waals surface area contributed by atoms with Gasteiger partial charge < -0.3 is 11.1 Å². The Morgan fingerprint density at radius 3 is 2.86 bits per heavy atom. The van der Waals surface area contributed by atoms with Crippen LogP contribution in [-0.4, -0.2) is 16.5 Å². The molecule has 1 saturated carbocycles. The third-order valence-electron chi connectivity index (χ3n) is 2.91.